The summed E-state index contributed by atoms with van der Waals surface area (Å²) in [5.41, 5.74) is 1.64. The monoisotopic (exact) mass is 427 g/mol. The van der Waals surface area contributed by atoms with Gasteiger partial charge in [-0.1, -0.05) is 17.7 Å². The van der Waals surface area contributed by atoms with Crippen LogP contribution >= 0.6 is 22.9 Å². The van der Waals surface area contributed by atoms with Gasteiger partial charge >= 0.3 is 5.00 Å². The third kappa shape index (κ3) is 3.96. The normalized spacial score (nSPS) is 10.8. The molecule has 10 heteroatoms. The van der Waals surface area contributed by atoms with Crippen LogP contribution in [0, 0.1) is 10.1 Å². The van der Waals surface area contributed by atoms with Gasteiger partial charge in [0.05, 0.1) is 22.4 Å². The van der Waals surface area contributed by atoms with Crippen molar-refractivity contribution in [2.24, 2.45) is 0 Å². The number of fused-ring (bicyclic) bond motifs is 1. The molecule has 3 aromatic heterocycles. The Morgan fingerprint density at radius 2 is 2.14 bits per heavy atom. The number of hydrogen-bond donors (Lipinski definition) is 1. The first kappa shape index (κ1) is 19.0. The molecule has 0 saturated heterocycles. The predicted octanol–water partition coefficient (Wildman–Crippen LogP) is 4.94. The van der Waals surface area contributed by atoms with Gasteiger partial charge in [-0.3, -0.25) is 15.1 Å². The van der Waals surface area contributed by atoms with Gasteiger partial charge in [0.25, 0.3) is 0 Å². The lowest BCUT2D eigenvalue weighted by Gasteiger charge is -2.10. The quantitative estimate of drug-likeness (QED) is 0.343. The van der Waals surface area contributed by atoms with Crippen molar-refractivity contribution in [2.75, 3.05) is 12.4 Å². The Labute approximate surface area is 174 Å². The Morgan fingerprint density at radius 1 is 1.28 bits per heavy atom. The van der Waals surface area contributed by atoms with Crippen molar-refractivity contribution in [3.05, 3.63) is 69.5 Å². The fourth-order valence-electron chi connectivity index (χ4n) is 2.76. The third-order valence-electron chi connectivity index (χ3n) is 4.16. The number of thiophene rings is 1. The lowest BCUT2D eigenvalue weighted by atomic mass is 10.2. The average Bonchev–Trinajstić information content (AvgIpc) is 3.17. The fourth-order valence-corrected chi connectivity index (χ4v) is 3.89. The first-order valence-corrected chi connectivity index (χ1v) is 9.67. The van der Waals surface area contributed by atoms with E-state index in [9.17, 15) is 10.1 Å². The largest absolute Gasteiger partial charge is 0.495 e. The molecule has 0 spiro atoms. The number of aromatic nitrogens is 3. The molecule has 29 heavy (non-hydrogen) atoms. The van der Waals surface area contributed by atoms with Crippen molar-refractivity contribution >= 4 is 44.0 Å². The van der Waals surface area contributed by atoms with E-state index in [2.05, 4.69) is 20.3 Å². The van der Waals surface area contributed by atoms with Gasteiger partial charge < -0.3 is 10.1 Å². The van der Waals surface area contributed by atoms with E-state index in [0.29, 0.717) is 39.2 Å². The minimum atomic E-state index is -0.427. The molecule has 0 saturated carbocycles. The molecule has 1 aromatic carbocycles. The van der Waals surface area contributed by atoms with Gasteiger partial charge in [-0.05, 0) is 41.2 Å². The van der Waals surface area contributed by atoms with Crippen LogP contribution in [0.1, 0.15) is 5.56 Å². The summed E-state index contributed by atoms with van der Waals surface area (Å²) in [5.74, 6) is 1.54. The third-order valence-corrected chi connectivity index (χ3v) is 5.43. The zero-order valence-electron chi connectivity index (χ0n) is 15.1. The van der Waals surface area contributed by atoms with Crippen molar-refractivity contribution in [2.45, 2.75) is 6.54 Å². The predicted molar refractivity (Wildman–Crippen MR) is 113 cm³/mol. The second-order valence-corrected chi connectivity index (χ2v) is 7.44. The molecule has 4 rings (SSSR count). The summed E-state index contributed by atoms with van der Waals surface area (Å²) in [7, 11) is 1.56. The van der Waals surface area contributed by atoms with Crippen molar-refractivity contribution < 1.29 is 9.66 Å². The Balaban J connectivity index is 1.73. The molecule has 0 aliphatic carbocycles. The lowest BCUT2D eigenvalue weighted by Crippen LogP contribution is -2.04. The molecule has 1 N–H and O–H groups in total. The summed E-state index contributed by atoms with van der Waals surface area (Å²) in [5, 5.41) is 15.6. The standard InChI is InChI=1S/C19H14ClN5O3S/c1-28-15-5-4-11(7-14(15)20)9-22-18-13-8-16(25(26)27)29-19(13)24-17(23-18)12-3-2-6-21-10-12/h2-8,10H,9H2,1H3,(H,22,23,24). The number of methoxy groups -OCH3 is 1. The molecule has 0 bridgehead atoms. The number of pyridine rings is 1. The van der Waals surface area contributed by atoms with Crippen molar-refractivity contribution in [1.82, 2.24) is 15.0 Å². The van der Waals surface area contributed by atoms with Crippen LogP contribution in [-0.2, 0) is 6.54 Å². The molecule has 146 valence electrons. The molecule has 8 nitrogen and oxygen atoms in total. The smallest absolute Gasteiger partial charge is 0.326 e. The molecule has 4 aromatic rings. The van der Waals surface area contributed by atoms with Gasteiger partial charge in [-0.25, -0.2) is 9.97 Å². The van der Waals surface area contributed by atoms with Crippen molar-refractivity contribution in [1.29, 1.82) is 0 Å². The van der Waals surface area contributed by atoms with E-state index in [0.717, 1.165) is 22.5 Å². The number of nitrogens with one attached hydrogen (secondary N) is 1. The zero-order chi connectivity index (χ0) is 20.4. The molecule has 0 unspecified atom stereocenters. The second-order valence-electron chi connectivity index (χ2n) is 6.02. The SMILES string of the molecule is COc1ccc(CNc2nc(-c3cccnc3)nc3sc([N+](=O)[O-])cc23)cc1Cl. The van der Waals surface area contributed by atoms with Crippen LogP contribution in [0.2, 0.25) is 5.02 Å². The van der Waals surface area contributed by atoms with Gasteiger partial charge in [0, 0.05) is 30.6 Å². The number of anilines is 1. The minimum Gasteiger partial charge on any atom is -0.495 e. The maximum Gasteiger partial charge on any atom is 0.326 e. The van der Waals surface area contributed by atoms with E-state index in [4.69, 9.17) is 16.3 Å². The maximum absolute atomic E-state index is 11.2. The Bertz CT molecular complexity index is 1200. The molecule has 0 atom stereocenters. The van der Waals surface area contributed by atoms with Gasteiger partial charge in [-0.15, -0.1) is 0 Å². The van der Waals surface area contributed by atoms with E-state index in [-0.39, 0.29) is 5.00 Å². The van der Waals surface area contributed by atoms with Crippen LogP contribution < -0.4 is 10.1 Å². The number of halogens is 1. The van der Waals surface area contributed by atoms with E-state index >= 15 is 0 Å². The van der Waals surface area contributed by atoms with E-state index in [1.807, 2.05) is 12.1 Å². The number of benzene rings is 1. The van der Waals surface area contributed by atoms with Crippen LogP contribution in [0.15, 0.2) is 48.8 Å². The van der Waals surface area contributed by atoms with Crippen LogP contribution in [0.4, 0.5) is 10.8 Å². The summed E-state index contributed by atoms with van der Waals surface area (Å²) in [4.78, 5) is 24.5. The van der Waals surface area contributed by atoms with E-state index in [1.165, 1.54) is 6.07 Å². The second kappa shape index (κ2) is 7.98. The molecule has 0 fully saturated rings. The highest BCUT2D eigenvalue weighted by molar-refractivity contribution is 7.21. The molecule has 0 aliphatic rings. The van der Waals surface area contributed by atoms with Crippen molar-refractivity contribution in [3.8, 4) is 17.1 Å². The minimum absolute atomic E-state index is 0.00757. The highest BCUT2D eigenvalue weighted by Gasteiger charge is 2.18. The topological polar surface area (TPSA) is 103 Å². The molecule has 0 radical (unpaired) electrons. The average molecular weight is 428 g/mol. The summed E-state index contributed by atoms with van der Waals surface area (Å²) in [6.45, 7) is 0.423. The highest BCUT2D eigenvalue weighted by Crippen LogP contribution is 2.35. The molecular weight excluding hydrogens is 414 g/mol. The van der Waals surface area contributed by atoms with E-state index in [1.54, 1.807) is 37.7 Å². The fraction of sp³-hybridized carbons (Fsp3) is 0.105. The highest BCUT2D eigenvalue weighted by atomic mass is 35.5. The Morgan fingerprint density at radius 3 is 2.83 bits per heavy atom. The number of hydrogen-bond acceptors (Lipinski definition) is 8. The molecular formula is C19H14ClN5O3S. The Kier molecular flexibility index (Phi) is 5.24. The molecule has 3 heterocycles. The van der Waals surface area contributed by atoms with Crippen molar-refractivity contribution in [3.63, 3.8) is 0 Å². The van der Waals surface area contributed by atoms with Gasteiger partial charge in [-0.2, -0.15) is 0 Å². The first-order valence-electron chi connectivity index (χ1n) is 8.48. The van der Waals surface area contributed by atoms with Gasteiger partial charge in [0.1, 0.15) is 16.4 Å². The van der Waals surface area contributed by atoms with Crippen LogP contribution in [-0.4, -0.2) is 27.0 Å². The van der Waals surface area contributed by atoms with Crippen LogP contribution in [0.3, 0.4) is 0 Å². The summed E-state index contributed by atoms with van der Waals surface area (Å²) in [6.07, 6.45) is 3.31. The molecule has 0 aliphatic heterocycles. The maximum atomic E-state index is 11.2. The van der Waals surface area contributed by atoms with Crippen LogP contribution in [0.25, 0.3) is 21.6 Å². The number of ether oxygens (including phenoxy) is 1. The molecule has 0 amide bonds. The summed E-state index contributed by atoms with van der Waals surface area (Å²) >= 11 is 7.20. The first-order chi connectivity index (χ1) is 14.0. The number of nitro groups is 1. The summed E-state index contributed by atoms with van der Waals surface area (Å²) in [6, 6.07) is 10.6. The lowest BCUT2D eigenvalue weighted by molar-refractivity contribution is -0.380. The summed E-state index contributed by atoms with van der Waals surface area (Å²) < 4.78 is 5.17. The zero-order valence-corrected chi connectivity index (χ0v) is 16.7. The van der Waals surface area contributed by atoms with Gasteiger partial charge in [0.15, 0.2) is 5.82 Å². The Hall–Kier alpha value is -3.30. The van der Waals surface area contributed by atoms with E-state index < -0.39 is 4.92 Å². The number of rotatable bonds is 6. The number of nitrogens with zero attached hydrogens (tertiary/aromatic N) is 4. The van der Waals surface area contributed by atoms with Crippen LogP contribution in [0.5, 0.6) is 5.75 Å². The van der Waals surface area contributed by atoms with Gasteiger partial charge in [0.2, 0.25) is 0 Å².